The van der Waals surface area contributed by atoms with Gasteiger partial charge in [-0.05, 0) is 30.9 Å². The molecule has 0 radical (unpaired) electrons. The third kappa shape index (κ3) is 3.73. The first-order valence-electron chi connectivity index (χ1n) is 6.31. The summed E-state index contributed by atoms with van der Waals surface area (Å²) < 4.78 is 27.0. The van der Waals surface area contributed by atoms with Crippen molar-refractivity contribution in [2.75, 3.05) is 18.1 Å². The molecule has 0 N–H and O–H groups in total. The van der Waals surface area contributed by atoms with E-state index in [9.17, 15) is 8.42 Å². The van der Waals surface area contributed by atoms with Gasteiger partial charge in [-0.25, -0.2) is 8.42 Å². The Hall–Kier alpha value is -0.530. The summed E-state index contributed by atoms with van der Waals surface area (Å²) in [5.41, 5.74) is 0.945. The number of hydrogen-bond donors (Lipinski definition) is 0. The van der Waals surface area contributed by atoms with Crippen molar-refractivity contribution in [1.29, 1.82) is 0 Å². The van der Waals surface area contributed by atoms with E-state index in [0.717, 1.165) is 38.0 Å². The zero-order valence-electron chi connectivity index (χ0n) is 10.6. The number of nitrogens with zero attached hydrogens (tertiary/aromatic N) is 3. The third-order valence-corrected chi connectivity index (χ3v) is 5.60. The molecule has 102 valence electrons. The maximum absolute atomic E-state index is 11.6. The topological polar surface area (TPSA) is 63.2 Å². The summed E-state index contributed by atoms with van der Waals surface area (Å²) in [5, 5.41) is 5.98. The van der Waals surface area contributed by atoms with Gasteiger partial charge in [-0.1, -0.05) is 17.8 Å². The molecule has 0 amide bonds. The Morgan fingerprint density at radius 1 is 1.56 bits per heavy atom. The van der Waals surface area contributed by atoms with E-state index in [1.54, 1.807) is 0 Å². The molecule has 0 bridgehead atoms. The fraction of sp³-hybridized carbons (Fsp3) is 0.818. The highest BCUT2D eigenvalue weighted by atomic mass is 32.2. The summed E-state index contributed by atoms with van der Waals surface area (Å²) >= 11 is 1.34. The summed E-state index contributed by atoms with van der Waals surface area (Å²) in [6.07, 6.45) is 2.96. The highest BCUT2D eigenvalue weighted by Gasteiger charge is 2.32. The average molecular weight is 289 g/mol. The Kier molecular flexibility index (Phi) is 4.69. The van der Waals surface area contributed by atoms with Crippen LogP contribution < -0.4 is 0 Å². The molecule has 1 fully saturated rings. The van der Waals surface area contributed by atoms with Gasteiger partial charge in [0.15, 0.2) is 9.84 Å². The van der Waals surface area contributed by atoms with Crippen molar-refractivity contribution >= 4 is 21.4 Å². The molecule has 1 atom stereocenters. The van der Waals surface area contributed by atoms with E-state index >= 15 is 0 Å². The summed E-state index contributed by atoms with van der Waals surface area (Å²) in [6.45, 7) is 3.80. The molecule has 18 heavy (non-hydrogen) atoms. The van der Waals surface area contributed by atoms with Gasteiger partial charge in [-0.2, -0.15) is 0 Å². The minimum atomic E-state index is -2.82. The van der Waals surface area contributed by atoms with Gasteiger partial charge in [-0.3, -0.25) is 4.90 Å². The zero-order chi connectivity index (χ0) is 13.0. The van der Waals surface area contributed by atoms with E-state index in [-0.39, 0.29) is 6.04 Å². The largest absolute Gasteiger partial charge is 0.293 e. The molecule has 1 saturated heterocycles. The lowest BCUT2D eigenvalue weighted by molar-refractivity contribution is 0.198. The predicted molar refractivity (Wildman–Crippen MR) is 72.3 cm³/mol. The predicted octanol–water partition coefficient (Wildman–Crippen LogP) is 1.33. The number of sulfone groups is 1. The quantitative estimate of drug-likeness (QED) is 0.790. The molecule has 0 saturated carbocycles. The van der Waals surface area contributed by atoms with Crippen LogP contribution in [0, 0.1) is 0 Å². The first-order valence-corrected chi connectivity index (χ1v) is 8.97. The second-order valence-corrected chi connectivity index (χ2v) is 7.62. The molecule has 1 unspecified atom stereocenters. The van der Waals surface area contributed by atoms with Crippen molar-refractivity contribution in [2.24, 2.45) is 0 Å². The number of aromatic nitrogens is 2. The van der Waals surface area contributed by atoms with Crippen molar-refractivity contribution in [3.63, 3.8) is 0 Å². The highest BCUT2D eigenvalue weighted by Crippen LogP contribution is 2.20. The molecule has 2 rings (SSSR count). The van der Waals surface area contributed by atoms with Crippen LogP contribution in [0.3, 0.4) is 0 Å². The monoisotopic (exact) mass is 289 g/mol. The van der Waals surface area contributed by atoms with Crippen LogP contribution in [0.2, 0.25) is 0 Å². The highest BCUT2D eigenvalue weighted by molar-refractivity contribution is 7.91. The molecular formula is C11H19N3O2S2. The summed E-state index contributed by atoms with van der Waals surface area (Å²) in [7, 11) is -2.82. The second-order valence-electron chi connectivity index (χ2n) is 4.78. The van der Waals surface area contributed by atoms with E-state index in [1.165, 1.54) is 11.5 Å². The first-order chi connectivity index (χ1) is 8.61. The maximum Gasteiger partial charge on any atom is 0.151 e. The minimum Gasteiger partial charge on any atom is -0.293 e. The average Bonchev–Trinajstić information content (AvgIpc) is 2.93. The lowest BCUT2D eigenvalue weighted by atomic mass is 10.2. The van der Waals surface area contributed by atoms with Crippen LogP contribution in [0.15, 0.2) is 5.38 Å². The van der Waals surface area contributed by atoms with Gasteiger partial charge in [-0.15, -0.1) is 5.10 Å². The van der Waals surface area contributed by atoms with Crippen LogP contribution >= 0.6 is 11.5 Å². The Morgan fingerprint density at radius 2 is 2.39 bits per heavy atom. The van der Waals surface area contributed by atoms with Crippen LogP contribution in [0.25, 0.3) is 0 Å². The lowest BCUT2D eigenvalue weighted by Gasteiger charge is -2.26. The van der Waals surface area contributed by atoms with Gasteiger partial charge in [0.05, 0.1) is 17.2 Å². The summed E-state index contributed by atoms with van der Waals surface area (Å²) in [6, 6.07) is 0.156. The number of hydrogen-bond acceptors (Lipinski definition) is 6. The van der Waals surface area contributed by atoms with E-state index < -0.39 is 9.84 Å². The van der Waals surface area contributed by atoms with Crippen molar-refractivity contribution in [1.82, 2.24) is 14.5 Å². The lowest BCUT2D eigenvalue weighted by Crippen LogP contribution is -2.36. The van der Waals surface area contributed by atoms with E-state index in [1.807, 2.05) is 5.38 Å². The van der Waals surface area contributed by atoms with Crippen LogP contribution in [-0.2, 0) is 16.4 Å². The van der Waals surface area contributed by atoms with Crippen molar-refractivity contribution < 1.29 is 8.42 Å². The molecule has 0 aliphatic carbocycles. The molecule has 0 spiro atoms. The molecule has 1 aromatic rings. The number of unbranched alkanes of at least 4 members (excludes halogenated alkanes) is 1. The SMILES string of the molecule is CCCCN(Cc1csnn1)C1CCS(=O)(=O)C1. The smallest absolute Gasteiger partial charge is 0.151 e. The second kappa shape index (κ2) is 6.08. The molecule has 7 heteroatoms. The van der Waals surface area contributed by atoms with Crippen molar-refractivity contribution in [3.8, 4) is 0 Å². The van der Waals surface area contributed by atoms with Crippen LogP contribution in [0.5, 0.6) is 0 Å². The summed E-state index contributed by atoms with van der Waals surface area (Å²) in [5.74, 6) is 0.629. The molecular weight excluding hydrogens is 270 g/mol. The van der Waals surface area contributed by atoms with Gasteiger partial charge < -0.3 is 0 Å². The normalized spacial score (nSPS) is 22.7. The standard InChI is InChI=1S/C11H19N3O2S2/c1-2-3-5-14(7-10-8-17-13-12-10)11-4-6-18(15,16)9-11/h8,11H,2-7,9H2,1H3. The molecule has 1 aliphatic heterocycles. The Labute approximate surface area is 112 Å². The molecule has 0 aromatic carbocycles. The van der Waals surface area contributed by atoms with E-state index in [0.29, 0.717) is 11.5 Å². The van der Waals surface area contributed by atoms with Gasteiger partial charge in [0.25, 0.3) is 0 Å². The van der Waals surface area contributed by atoms with E-state index in [2.05, 4.69) is 21.4 Å². The van der Waals surface area contributed by atoms with Crippen molar-refractivity contribution in [3.05, 3.63) is 11.1 Å². The minimum absolute atomic E-state index is 0.156. The Morgan fingerprint density at radius 3 is 2.94 bits per heavy atom. The van der Waals surface area contributed by atoms with Gasteiger partial charge >= 0.3 is 0 Å². The van der Waals surface area contributed by atoms with Gasteiger partial charge in [0.1, 0.15) is 0 Å². The molecule has 1 aliphatic rings. The Balaban J connectivity index is 2.01. The van der Waals surface area contributed by atoms with Crippen LogP contribution in [-0.4, -0.2) is 47.0 Å². The van der Waals surface area contributed by atoms with E-state index in [4.69, 9.17) is 0 Å². The number of rotatable bonds is 6. The van der Waals surface area contributed by atoms with Gasteiger partial charge in [0, 0.05) is 18.0 Å². The molecule has 5 nitrogen and oxygen atoms in total. The zero-order valence-corrected chi connectivity index (χ0v) is 12.2. The van der Waals surface area contributed by atoms with Crippen molar-refractivity contribution in [2.45, 2.75) is 38.8 Å². The van der Waals surface area contributed by atoms with Gasteiger partial charge in [0.2, 0.25) is 0 Å². The maximum atomic E-state index is 11.6. The first kappa shape index (κ1) is 13.9. The van der Waals surface area contributed by atoms with Crippen LogP contribution in [0.4, 0.5) is 0 Å². The molecule has 1 aromatic heterocycles. The Bertz CT molecular complexity index is 459. The third-order valence-electron chi connectivity index (χ3n) is 3.29. The fourth-order valence-corrected chi connectivity index (χ4v) is 4.48. The summed E-state index contributed by atoms with van der Waals surface area (Å²) in [4.78, 5) is 2.25. The fourth-order valence-electron chi connectivity index (χ4n) is 2.28. The van der Waals surface area contributed by atoms with Crippen LogP contribution in [0.1, 0.15) is 31.9 Å². The molecule has 2 heterocycles.